The minimum absolute atomic E-state index is 0.653. The van der Waals surface area contributed by atoms with Crippen LogP contribution in [0, 0.1) is 0 Å². The Morgan fingerprint density at radius 2 is 1.33 bits per heavy atom. The van der Waals surface area contributed by atoms with Crippen LogP contribution in [-0.2, 0) is 4.74 Å². The molecule has 1 aliphatic heterocycles. The first-order valence-corrected chi connectivity index (χ1v) is 8.16. The zero-order valence-corrected chi connectivity index (χ0v) is 12.8. The summed E-state index contributed by atoms with van der Waals surface area (Å²) in [5.41, 5.74) is 5.14. The number of unbranched alkanes of at least 4 members (excludes halogenated alkanes) is 8. The van der Waals surface area contributed by atoms with Crippen LogP contribution in [0.1, 0.15) is 84.5 Å². The van der Waals surface area contributed by atoms with E-state index in [0.717, 1.165) is 13.2 Å². The average Bonchev–Trinajstić information content (AvgIpc) is 3.18. The van der Waals surface area contributed by atoms with Gasteiger partial charge in [-0.05, 0) is 19.4 Å². The zero-order valence-electron chi connectivity index (χ0n) is 12.8. The van der Waals surface area contributed by atoms with Crippen LogP contribution >= 0.6 is 0 Å². The molecule has 0 aliphatic carbocycles. The molecule has 0 bridgehead atoms. The van der Waals surface area contributed by atoms with Crippen molar-refractivity contribution in [3.63, 3.8) is 0 Å². The third kappa shape index (κ3) is 15.9. The topological polar surface area (TPSA) is 38.5 Å². The lowest BCUT2D eigenvalue weighted by Crippen LogP contribution is -1.95. The molecule has 0 amide bonds. The number of epoxide rings is 1. The molecule has 1 rings (SSSR count). The molecule has 110 valence electrons. The zero-order chi connectivity index (χ0) is 13.5. The van der Waals surface area contributed by atoms with Crippen molar-refractivity contribution in [3.8, 4) is 0 Å². The van der Waals surface area contributed by atoms with Gasteiger partial charge in [0, 0.05) is 0 Å². The van der Waals surface area contributed by atoms with Gasteiger partial charge >= 0.3 is 0 Å². The van der Waals surface area contributed by atoms with E-state index in [2.05, 4.69) is 13.8 Å². The Balaban J connectivity index is 0.000000494. The van der Waals surface area contributed by atoms with Gasteiger partial charge in [0.05, 0.1) is 12.7 Å². The van der Waals surface area contributed by atoms with Gasteiger partial charge in [0.25, 0.3) is 0 Å². The monoisotopic (exact) mass is 257 g/mol. The van der Waals surface area contributed by atoms with Gasteiger partial charge in [-0.2, -0.15) is 0 Å². The summed E-state index contributed by atoms with van der Waals surface area (Å²) in [6.45, 7) is 6.29. The molecule has 2 nitrogen and oxygen atoms in total. The highest BCUT2D eigenvalue weighted by molar-refractivity contribution is 4.68. The lowest BCUT2D eigenvalue weighted by molar-refractivity contribution is 0.387. The Labute approximate surface area is 115 Å². The molecule has 2 heteroatoms. The fraction of sp³-hybridized carbons (Fsp3) is 1.00. The van der Waals surface area contributed by atoms with E-state index in [4.69, 9.17) is 10.5 Å². The Hall–Kier alpha value is -0.0800. The fourth-order valence-corrected chi connectivity index (χ4v) is 1.94. The highest BCUT2D eigenvalue weighted by Gasteiger charge is 2.20. The normalized spacial score (nSPS) is 17.2. The first kappa shape index (κ1) is 17.9. The van der Waals surface area contributed by atoms with E-state index < -0.39 is 0 Å². The van der Waals surface area contributed by atoms with Crippen LogP contribution in [-0.4, -0.2) is 19.3 Å². The first-order valence-electron chi connectivity index (χ1n) is 8.16. The van der Waals surface area contributed by atoms with Crippen molar-refractivity contribution in [2.45, 2.75) is 90.6 Å². The van der Waals surface area contributed by atoms with Crippen LogP contribution in [0.25, 0.3) is 0 Å². The SMILES string of the molecule is CCCCCCCCCCC1CO1.CCCCN. The predicted molar refractivity (Wildman–Crippen MR) is 80.9 cm³/mol. The largest absolute Gasteiger partial charge is 0.373 e. The van der Waals surface area contributed by atoms with Gasteiger partial charge in [-0.25, -0.2) is 0 Å². The summed E-state index contributed by atoms with van der Waals surface area (Å²) in [5, 5.41) is 0. The van der Waals surface area contributed by atoms with E-state index in [9.17, 15) is 0 Å². The van der Waals surface area contributed by atoms with Crippen LogP contribution in [0.15, 0.2) is 0 Å². The Morgan fingerprint density at radius 1 is 0.833 bits per heavy atom. The van der Waals surface area contributed by atoms with Crippen molar-refractivity contribution in [1.29, 1.82) is 0 Å². The maximum atomic E-state index is 5.17. The lowest BCUT2D eigenvalue weighted by Gasteiger charge is -1.99. The van der Waals surface area contributed by atoms with Crippen molar-refractivity contribution in [2.24, 2.45) is 5.73 Å². The number of nitrogens with two attached hydrogens (primary N) is 1. The third-order valence-electron chi connectivity index (χ3n) is 3.34. The second kappa shape index (κ2) is 15.0. The smallest absolute Gasteiger partial charge is 0.0810 e. The number of hydrogen-bond donors (Lipinski definition) is 1. The number of ether oxygens (including phenoxy) is 1. The van der Waals surface area contributed by atoms with Gasteiger partial charge in [-0.1, -0.05) is 71.6 Å². The van der Waals surface area contributed by atoms with Crippen LogP contribution in [0.3, 0.4) is 0 Å². The third-order valence-corrected chi connectivity index (χ3v) is 3.34. The molecule has 2 N–H and O–H groups in total. The van der Waals surface area contributed by atoms with Crippen LogP contribution < -0.4 is 5.73 Å². The van der Waals surface area contributed by atoms with Crippen LogP contribution in [0.4, 0.5) is 0 Å². The van der Waals surface area contributed by atoms with Crippen molar-refractivity contribution >= 4 is 0 Å². The molecule has 0 saturated carbocycles. The quantitative estimate of drug-likeness (QED) is 0.432. The average molecular weight is 257 g/mol. The van der Waals surface area contributed by atoms with E-state index >= 15 is 0 Å². The fourth-order valence-electron chi connectivity index (χ4n) is 1.94. The van der Waals surface area contributed by atoms with Crippen molar-refractivity contribution in [1.82, 2.24) is 0 Å². The van der Waals surface area contributed by atoms with Crippen molar-refractivity contribution in [3.05, 3.63) is 0 Å². The highest BCUT2D eigenvalue weighted by atomic mass is 16.6. The molecular formula is C16H35NO. The molecule has 1 fully saturated rings. The van der Waals surface area contributed by atoms with Crippen molar-refractivity contribution in [2.75, 3.05) is 13.2 Å². The van der Waals surface area contributed by atoms with Gasteiger partial charge in [0.15, 0.2) is 0 Å². The van der Waals surface area contributed by atoms with E-state index in [1.165, 1.54) is 70.6 Å². The van der Waals surface area contributed by atoms with E-state index in [0.29, 0.717) is 6.10 Å². The molecule has 0 aromatic carbocycles. The number of rotatable bonds is 11. The summed E-state index contributed by atoms with van der Waals surface area (Å²) in [6.07, 6.45) is 15.7. The summed E-state index contributed by atoms with van der Waals surface area (Å²) >= 11 is 0. The minimum Gasteiger partial charge on any atom is -0.373 e. The predicted octanol–water partition coefficient (Wildman–Crippen LogP) is 4.66. The maximum Gasteiger partial charge on any atom is 0.0810 e. The second-order valence-electron chi connectivity index (χ2n) is 5.36. The molecule has 1 heterocycles. The van der Waals surface area contributed by atoms with Crippen LogP contribution in [0.5, 0.6) is 0 Å². The van der Waals surface area contributed by atoms with Gasteiger partial charge in [-0.3, -0.25) is 0 Å². The molecule has 18 heavy (non-hydrogen) atoms. The van der Waals surface area contributed by atoms with Crippen LogP contribution in [0.2, 0.25) is 0 Å². The molecular weight excluding hydrogens is 222 g/mol. The second-order valence-corrected chi connectivity index (χ2v) is 5.36. The maximum absolute atomic E-state index is 5.17. The molecule has 1 saturated heterocycles. The highest BCUT2D eigenvalue weighted by Crippen LogP contribution is 2.18. The summed E-state index contributed by atoms with van der Waals surface area (Å²) in [7, 11) is 0. The molecule has 1 aliphatic rings. The van der Waals surface area contributed by atoms with Gasteiger partial charge < -0.3 is 10.5 Å². The summed E-state index contributed by atoms with van der Waals surface area (Å²) in [6, 6.07) is 0. The van der Waals surface area contributed by atoms with E-state index in [1.807, 2.05) is 0 Å². The summed E-state index contributed by atoms with van der Waals surface area (Å²) in [5.74, 6) is 0. The minimum atomic E-state index is 0.653. The van der Waals surface area contributed by atoms with Gasteiger partial charge in [0.2, 0.25) is 0 Å². The van der Waals surface area contributed by atoms with Gasteiger partial charge in [-0.15, -0.1) is 0 Å². The first-order chi connectivity index (χ1) is 8.85. The molecule has 0 aromatic rings. The standard InChI is InChI=1S/C12H24O.C4H11N/c1-2-3-4-5-6-7-8-9-10-12-11-13-12;1-2-3-4-5/h12H,2-11H2,1H3;2-5H2,1H3. The Bertz CT molecular complexity index is 144. The molecule has 0 aromatic heterocycles. The molecule has 0 radical (unpaired) electrons. The molecule has 1 unspecified atom stereocenters. The van der Waals surface area contributed by atoms with Crippen molar-refractivity contribution < 1.29 is 4.74 Å². The number of hydrogen-bond acceptors (Lipinski definition) is 2. The summed E-state index contributed by atoms with van der Waals surface area (Å²) in [4.78, 5) is 0. The summed E-state index contributed by atoms with van der Waals surface area (Å²) < 4.78 is 5.17. The van der Waals surface area contributed by atoms with Gasteiger partial charge in [0.1, 0.15) is 0 Å². The van der Waals surface area contributed by atoms with E-state index in [1.54, 1.807) is 0 Å². The molecule has 1 atom stereocenters. The lowest BCUT2D eigenvalue weighted by atomic mass is 10.1. The Morgan fingerprint density at radius 3 is 1.72 bits per heavy atom. The molecule has 0 spiro atoms. The van der Waals surface area contributed by atoms with E-state index in [-0.39, 0.29) is 0 Å². The Kier molecular flexibility index (Phi) is 14.9.